The predicted molar refractivity (Wildman–Crippen MR) is 194 cm³/mol. The van der Waals surface area contributed by atoms with Gasteiger partial charge in [0.25, 0.3) is 0 Å². The molecule has 2 heterocycles. The van der Waals surface area contributed by atoms with Crippen LogP contribution in [-0.2, 0) is 0 Å². The van der Waals surface area contributed by atoms with Crippen LogP contribution in [0.2, 0.25) is 0 Å². The Morgan fingerprint density at radius 1 is 0.362 bits per heavy atom. The number of nitrogens with zero attached hydrogens (tertiary/aromatic N) is 4. The first kappa shape index (κ1) is 27.6. The Hall–Kier alpha value is -5.74. The van der Waals surface area contributed by atoms with Crippen LogP contribution in [-0.4, -0.2) is 34.4 Å². The summed E-state index contributed by atoms with van der Waals surface area (Å²) in [5, 5.41) is 4.78. The van der Waals surface area contributed by atoms with Crippen molar-refractivity contribution >= 4 is 45.8 Å². The first-order chi connectivity index (χ1) is 23.3. The van der Waals surface area contributed by atoms with Crippen LogP contribution in [0.1, 0.15) is 0 Å². The van der Waals surface area contributed by atoms with Crippen molar-refractivity contribution in [2.75, 3.05) is 0 Å². The molecule has 2 aromatic heterocycles. The summed E-state index contributed by atoms with van der Waals surface area (Å²) in [6, 6.07) is 54.9. The zero-order chi connectivity index (χ0) is 31.2. The standard InChI is InChI=1S/C42H26N4Se/c1-4-12-27(13-5-1)39-44-40(28-14-6-2-7-15-28)46-41(45-39)36-21-11-19-34-32(18-10-20-35(34)36)30-22-24-33-31(26-30)23-25-37-38(33)47-42(43-37)29-16-8-3-9-17-29/h1-26H. The fourth-order valence-electron chi connectivity index (χ4n) is 6.27. The Bertz CT molecular complexity index is 2500. The summed E-state index contributed by atoms with van der Waals surface area (Å²) < 4.78 is 2.55. The van der Waals surface area contributed by atoms with Crippen LogP contribution in [0.4, 0.5) is 0 Å². The Balaban J connectivity index is 1.18. The van der Waals surface area contributed by atoms with E-state index >= 15 is 0 Å². The molecule has 0 atom stereocenters. The van der Waals surface area contributed by atoms with Gasteiger partial charge in [-0.15, -0.1) is 0 Å². The van der Waals surface area contributed by atoms with Gasteiger partial charge in [-0.05, 0) is 0 Å². The Labute approximate surface area is 277 Å². The molecule has 0 saturated carbocycles. The molecule has 9 aromatic rings. The fourth-order valence-corrected chi connectivity index (χ4v) is 8.59. The molecule has 220 valence electrons. The van der Waals surface area contributed by atoms with Gasteiger partial charge in [0.2, 0.25) is 0 Å². The van der Waals surface area contributed by atoms with Gasteiger partial charge in [-0.3, -0.25) is 0 Å². The van der Waals surface area contributed by atoms with Crippen LogP contribution >= 0.6 is 0 Å². The van der Waals surface area contributed by atoms with Crippen molar-refractivity contribution in [2.45, 2.75) is 0 Å². The molecule has 9 rings (SSSR count). The summed E-state index contributed by atoms with van der Waals surface area (Å²) in [4.78, 5) is 19.9. The van der Waals surface area contributed by atoms with Gasteiger partial charge in [0, 0.05) is 11.1 Å². The van der Waals surface area contributed by atoms with Gasteiger partial charge < -0.3 is 0 Å². The Morgan fingerprint density at radius 3 is 1.60 bits per heavy atom. The van der Waals surface area contributed by atoms with E-state index in [1.807, 2.05) is 60.7 Å². The molecule has 0 amide bonds. The van der Waals surface area contributed by atoms with Gasteiger partial charge >= 0.3 is 202 Å². The molecule has 0 fully saturated rings. The van der Waals surface area contributed by atoms with Crippen molar-refractivity contribution in [3.63, 3.8) is 0 Å². The molecule has 0 aliphatic heterocycles. The number of benzene rings is 7. The largest absolute Gasteiger partial charge is 0.0615 e. The van der Waals surface area contributed by atoms with Crippen molar-refractivity contribution in [2.24, 2.45) is 0 Å². The van der Waals surface area contributed by atoms with Crippen LogP contribution in [0, 0.1) is 0 Å². The Morgan fingerprint density at radius 2 is 0.936 bits per heavy atom. The average molecular weight is 666 g/mol. The topological polar surface area (TPSA) is 51.6 Å². The van der Waals surface area contributed by atoms with Crippen LogP contribution < -0.4 is 0 Å². The third-order valence-corrected chi connectivity index (χ3v) is 11.0. The van der Waals surface area contributed by atoms with Crippen molar-refractivity contribution in [1.82, 2.24) is 19.9 Å². The molecule has 0 aliphatic rings. The maximum absolute atomic E-state index is 5.02. The van der Waals surface area contributed by atoms with E-state index in [1.165, 1.54) is 36.3 Å². The molecule has 5 heteroatoms. The van der Waals surface area contributed by atoms with Gasteiger partial charge in [0.05, 0.1) is 0 Å². The van der Waals surface area contributed by atoms with Gasteiger partial charge in [0.15, 0.2) is 0 Å². The van der Waals surface area contributed by atoms with E-state index < -0.39 is 0 Å². The van der Waals surface area contributed by atoms with Crippen LogP contribution in [0.5, 0.6) is 0 Å². The number of hydrogen-bond acceptors (Lipinski definition) is 4. The number of fused-ring (bicyclic) bond motifs is 4. The summed E-state index contributed by atoms with van der Waals surface area (Å²) in [6.07, 6.45) is 0. The molecule has 4 nitrogen and oxygen atoms in total. The summed E-state index contributed by atoms with van der Waals surface area (Å²) in [5.74, 6) is 1.97. The normalized spacial score (nSPS) is 11.4. The third-order valence-electron chi connectivity index (χ3n) is 8.56. The van der Waals surface area contributed by atoms with Crippen LogP contribution in [0.25, 0.3) is 86.7 Å². The third kappa shape index (κ3) is 5.03. The van der Waals surface area contributed by atoms with Crippen LogP contribution in [0.15, 0.2) is 158 Å². The molecule has 0 saturated heterocycles. The van der Waals surface area contributed by atoms with Crippen molar-refractivity contribution in [3.8, 4) is 55.4 Å². The predicted octanol–water partition coefficient (Wildman–Crippen LogP) is 10.1. The number of aromatic nitrogens is 4. The zero-order valence-corrected chi connectivity index (χ0v) is 26.9. The smallest absolute Gasteiger partial charge is 0.0512 e. The summed E-state index contributed by atoms with van der Waals surface area (Å²) in [5.41, 5.74) is 7.57. The van der Waals surface area contributed by atoms with E-state index in [1.54, 1.807) is 0 Å². The van der Waals surface area contributed by atoms with Gasteiger partial charge in [-0.25, -0.2) is 4.98 Å². The molecule has 47 heavy (non-hydrogen) atoms. The molecule has 0 spiro atoms. The first-order valence-corrected chi connectivity index (χ1v) is 17.3. The van der Waals surface area contributed by atoms with Gasteiger partial charge in [-0.1, -0.05) is 60.7 Å². The van der Waals surface area contributed by atoms with Crippen molar-refractivity contribution in [1.29, 1.82) is 0 Å². The minimum Gasteiger partial charge on any atom is -0.0615 e. The van der Waals surface area contributed by atoms with E-state index in [9.17, 15) is 0 Å². The molecule has 7 aromatic carbocycles. The van der Waals surface area contributed by atoms with Gasteiger partial charge in [0.1, 0.15) is 0 Å². The second-order valence-electron chi connectivity index (χ2n) is 11.5. The van der Waals surface area contributed by atoms with E-state index in [0.717, 1.165) is 33.0 Å². The quantitative estimate of drug-likeness (QED) is 0.172. The molecular weight excluding hydrogens is 639 g/mol. The van der Waals surface area contributed by atoms with E-state index in [-0.39, 0.29) is 14.5 Å². The summed E-state index contributed by atoms with van der Waals surface area (Å²) >= 11 is 0.161. The molecule has 0 N–H and O–H groups in total. The maximum Gasteiger partial charge on any atom is -0.0512 e. The fraction of sp³-hybridized carbons (Fsp3) is 0. The van der Waals surface area contributed by atoms with Gasteiger partial charge in [-0.2, -0.15) is 0 Å². The molecule has 0 bridgehead atoms. The minimum absolute atomic E-state index is 0.161. The van der Waals surface area contributed by atoms with Crippen LogP contribution in [0.3, 0.4) is 0 Å². The van der Waals surface area contributed by atoms with E-state index in [2.05, 4.69) is 97.1 Å². The minimum atomic E-state index is 0.161. The monoisotopic (exact) mass is 666 g/mol. The van der Waals surface area contributed by atoms with Crippen molar-refractivity contribution < 1.29 is 0 Å². The van der Waals surface area contributed by atoms with E-state index in [0.29, 0.717) is 17.5 Å². The second-order valence-corrected chi connectivity index (χ2v) is 13.6. The summed E-state index contributed by atoms with van der Waals surface area (Å²) in [7, 11) is 0. The maximum atomic E-state index is 5.02. The SMILES string of the molecule is c1ccc(-c2nc(-c3ccccc3)nc(-c3cccc4c(-c5ccc6c(ccc7nc(-c8ccccc8)[se]c76)c5)cccc34)n2)cc1. The molecule has 0 radical (unpaired) electrons. The molecular formula is C42H26N4Se. The number of rotatable bonds is 5. The number of hydrogen-bond donors (Lipinski definition) is 0. The molecule has 0 aliphatic carbocycles. The van der Waals surface area contributed by atoms with E-state index in [4.69, 9.17) is 19.9 Å². The second kappa shape index (κ2) is 11.6. The summed E-state index contributed by atoms with van der Waals surface area (Å²) in [6.45, 7) is 0. The first-order valence-electron chi connectivity index (χ1n) is 15.6. The molecule has 0 unspecified atom stereocenters. The van der Waals surface area contributed by atoms with Crippen molar-refractivity contribution in [3.05, 3.63) is 158 Å². The Kier molecular flexibility index (Phi) is 6.78. The zero-order valence-electron chi connectivity index (χ0n) is 25.2. The average Bonchev–Trinajstić information content (AvgIpc) is 3.60.